The van der Waals surface area contributed by atoms with Crippen molar-refractivity contribution in [3.63, 3.8) is 0 Å². The molecule has 2 rings (SSSR count). The number of nitrogens with one attached hydrogen (secondary N) is 1. The number of carbonyl (C=O) groups is 1. The predicted molar refractivity (Wildman–Crippen MR) is 59.6 cm³/mol. The second kappa shape index (κ2) is 3.32. The summed E-state index contributed by atoms with van der Waals surface area (Å²) in [7, 11) is 0. The normalized spacial score (nSPS) is 37.6. The maximum Gasteiger partial charge on any atom is 0.229 e. The first kappa shape index (κ1) is 10.7. The summed E-state index contributed by atoms with van der Waals surface area (Å²) >= 11 is 0. The smallest absolute Gasteiger partial charge is 0.229 e. The highest BCUT2D eigenvalue weighted by atomic mass is 16.1. The Morgan fingerprint density at radius 2 is 2.07 bits per heavy atom. The van der Waals surface area contributed by atoms with Gasteiger partial charge in [-0.2, -0.15) is 0 Å². The third-order valence-electron chi connectivity index (χ3n) is 4.77. The molecule has 0 aliphatic heterocycles. The van der Waals surface area contributed by atoms with Gasteiger partial charge in [0, 0.05) is 5.71 Å². The largest absolute Gasteiger partial charge is 0.369 e. The van der Waals surface area contributed by atoms with Crippen molar-refractivity contribution in [3.05, 3.63) is 0 Å². The number of hydrogen-bond acceptors (Lipinski definition) is 2. The molecule has 0 spiro atoms. The molecule has 0 aromatic rings. The average molecular weight is 208 g/mol. The zero-order chi connectivity index (χ0) is 11.2. The maximum absolute atomic E-state index is 11.6. The van der Waals surface area contributed by atoms with Crippen LogP contribution in [0.15, 0.2) is 0 Å². The Morgan fingerprint density at radius 1 is 1.40 bits per heavy atom. The zero-order valence-electron chi connectivity index (χ0n) is 9.55. The Hall–Kier alpha value is -0.860. The van der Waals surface area contributed by atoms with E-state index in [-0.39, 0.29) is 5.91 Å². The van der Waals surface area contributed by atoms with Crippen molar-refractivity contribution in [2.75, 3.05) is 0 Å². The number of primary amides is 1. The van der Waals surface area contributed by atoms with Crippen LogP contribution < -0.4 is 5.73 Å². The molecule has 3 nitrogen and oxygen atoms in total. The molecule has 4 unspecified atom stereocenters. The summed E-state index contributed by atoms with van der Waals surface area (Å²) in [6.45, 7) is 3.58. The van der Waals surface area contributed by atoms with E-state index in [1.165, 1.54) is 19.3 Å². The van der Waals surface area contributed by atoms with Gasteiger partial charge >= 0.3 is 0 Å². The van der Waals surface area contributed by atoms with Gasteiger partial charge in [0.05, 0.1) is 5.41 Å². The van der Waals surface area contributed by atoms with Crippen LogP contribution in [0.2, 0.25) is 0 Å². The molecule has 2 saturated carbocycles. The van der Waals surface area contributed by atoms with Crippen LogP contribution in [0.25, 0.3) is 0 Å². The number of fused-ring (bicyclic) bond motifs is 2. The molecule has 3 heteroatoms. The third kappa shape index (κ3) is 1.40. The van der Waals surface area contributed by atoms with Crippen molar-refractivity contribution in [1.29, 1.82) is 5.41 Å². The molecule has 1 amide bonds. The zero-order valence-corrected chi connectivity index (χ0v) is 9.55. The molecule has 0 heterocycles. The SMILES string of the molecule is CC(=N)C(C)(C(N)=O)C1CC2CCC1C2. The number of rotatable bonds is 3. The lowest BCUT2D eigenvalue weighted by Crippen LogP contribution is -2.47. The minimum absolute atomic E-state index is 0.312. The summed E-state index contributed by atoms with van der Waals surface area (Å²) < 4.78 is 0. The molecule has 2 fully saturated rings. The number of hydrogen-bond donors (Lipinski definition) is 2. The second-order valence-electron chi connectivity index (χ2n) is 5.47. The standard InChI is InChI=1S/C12H20N2O/c1-7(13)12(2,11(14)15)10-6-8-3-4-9(10)5-8/h8-10,13H,3-6H2,1-2H3,(H2,14,15). The molecular weight excluding hydrogens is 188 g/mol. The first-order valence-electron chi connectivity index (χ1n) is 5.81. The Balaban J connectivity index is 2.27. The van der Waals surface area contributed by atoms with Gasteiger partial charge in [-0.05, 0) is 50.9 Å². The lowest BCUT2D eigenvalue weighted by atomic mass is 9.66. The summed E-state index contributed by atoms with van der Waals surface area (Å²) in [5.41, 5.74) is 5.25. The minimum atomic E-state index is -0.695. The maximum atomic E-state index is 11.6. The van der Waals surface area contributed by atoms with Crippen molar-refractivity contribution in [3.8, 4) is 0 Å². The van der Waals surface area contributed by atoms with Crippen molar-refractivity contribution < 1.29 is 4.79 Å². The lowest BCUT2D eigenvalue weighted by Gasteiger charge is -2.37. The predicted octanol–water partition coefficient (Wildman–Crippen LogP) is 1.95. The molecule has 2 bridgehead atoms. The van der Waals surface area contributed by atoms with Gasteiger partial charge in [0.1, 0.15) is 0 Å². The Morgan fingerprint density at radius 3 is 2.40 bits per heavy atom. The first-order chi connectivity index (χ1) is 6.96. The van der Waals surface area contributed by atoms with Crippen LogP contribution in [0.4, 0.5) is 0 Å². The van der Waals surface area contributed by atoms with Gasteiger partial charge in [-0.25, -0.2) is 0 Å². The molecule has 0 saturated heterocycles. The van der Waals surface area contributed by atoms with Gasteiger partial charge in [-0.15, -0.1) is 0 Å². The molecule has 0 aromatic heterocycles. The van der Waals surface area contributed by atoms with Crippen molar-refractivity contribution >= 4 is 11.6 Å². The van der Waals surface area contributed by atoms with E-state index in [1.54, 1.807) is 6.92 Å². The molecule has 84 valence electrons. The van der Waals surface area contributed by atoms with Crippen molar-refractivity contribution in [2.24, 2.45) is 28.9 Å². The topological polar surface area (TPSA) is 66.9 Å². The van der Waals surface area contributed by atoms with Gasteiger partial charge in [0.25, 0.3) is 0 Å². The lowest BCUT2D eigenvalue weighted by molar-refractivity contribution is -0.126. The molecule has 2 aliphatic rings. The van der Waals surface area contributed by atoms with E-state index >= 15 is 0 Å². The van der Waals surface area contributed by atoms with Crippen LogP contribution in [0.1, 0.15) is 39.5 Å². The summed E-state index contributed by atoms with van der Waals surface area (Å²) in [4.78, 5) is 11.6. The van der Waals surface area contributed by atoms with E-state index in [2.05, 4.69) is 0 Å². The van der Waals surface area contributed by atoms with Crippen LogP contribution in [0.5, 0.6) is 0 Å². The first-order valence-corrected chi connectivity index (χ1v) is 5.81. The van der Waals surface area contributed by atoms with E-state index in [4.69, 9.17) is 11.1 Å². The van der Waals surface area contributed by atoms with Gasteiger partial charge in [-0.1, -0.05) is 6.42 Å². The average Bonchev–Trinajstić information content (AvgIpc) is 2.76. The van der Waals surface area contributed by atoms with E-state index in [0.29, 0.717) is 17.5 Å². The van der Waals surface area contributed by atoms with Crippen LogP contribution in [0.3, 0.4) is 0 Å². The van der Waals surface area contributed by atoms with Gasteiger partial charge < -0.3 is 11.1 Å². The fourth-order valence-corrected chi connectivity index (χ4v) is 3.60. The van der Waals surface area contributed by atoms with Crippen LogP contribution >= 0.6 is 0 Å². The van der Waals surface area contributed by atoms with Gasteiger partial charge in [0.15, 0.2) is 0 Å². The number of carbonyl (C=O) groups excluding carboxylic acids is 1. The quantitative estimate of drug-likeness (QED) is 0.684. The summed E-state index contributed by atoms with van der Waals surface area (Å²) in [5.74, 6) is 1.43. The van der Waals surface area contributed by atoms with Crippen LogP contribution in [-0.2, 0) is 4.79 Å². The molecule has 4 atom stereocenters. The number of amides is 1. The number of nitrogens with two attached hydrogens (primary N) is 1. The van der Waals surface area contributed by atoms with Crippen LogP contribution in [-0.4, -0.2) is 11.6 Å². The van der Waals surface area contributed by atoms with Gasteiger partial charge in [0.2, 0.25) is 5.91 Å². The summed E-state index contributed by atoms with van der Waals surface area (Å²) in [6, 6.07) is 0. The highest BCUT2D eigenvalue weighted by Gasteiger charge is 2.52. The Bertz CT molecular complexity index is 297. The third-order valence-corrected chi connectivity index (χ3v) is 4.77. The van der Waals surface area contributed by atoms with Crippen molar-refractivity contribution in [2.45, 2.75) is 39.5 Å². The Kier molecular flexibility index (Phi) is 2.36. The second-order valence-corrected chi connectivity index (χ2v) is 5.47. The van der Waals surface area contributed by atoms with E-state index in [1.807, 2.05) is 6.92 Å². The molecule has 3 N–H and O–H groups in total. The summed E-state index contributed by atoms with van der Waals surface area (Å²) in [6.07, 6.45) is 4.89. The molecule has 0 radical (unpaired) electrons. The highest BCUT2D eigenvalue weighted by Crippen LogP contribution is 2.54. The van der Waals surface area contributed by atoms with E-state index in [9.17, 15) is 4.79 Å². The molecule has 15 heavy (non-hydrogen) atoms. The van der Waals surface area contributed by atoms with Crippen molar-refractivity contribution in [1.82, 2.24) is 0 Å². The fraction of sp³-hybridized carbons (Fsp3) is 0.833. The Labute approximate surface area is 90.9 Å². The minimum Gasteiger partial charge on any atom is -0.369 e. The fourth-order valence-electron chi connectivity index (χ4n) is 3.60. The molecular formula is C12H20N2O. The van der Waals surface area contributed by atoms with E-state index < -0.39 is 5.41 Å². The molecule has 2 aliphatic carbocycles. The van der Waals surface area contributed by atoms with E-state index in [0.717, 1.165) is 12.3 Å². The monoisotopic (exact) mass is 208 g/mol. The summed E-state index contributed by atoms with van der Waals surface area (Å²) in [5, 5.41) is 7.82. The van der Waals surface area contributed by atoms with Crippen LogP contribution in [0, 0.1) is 28.6 Å². The van der Waals surface area contributed by atoms with Gasteiger partial charge in [-0.3, -0.25) is 4.79 Å². The highest BCUT2D eigenvalue weighted by molar-refractivity contribution is 6.05. The molecule has 0 aromatic carbocycles.